The highest BCUT2D eigenvalue weighted by Gasteiger charge is 2.34. The Labute approximate surface area is 244 Å². The first-order chi connectivity index (χ1) is 19.0. The summed E-state index contributed by atoms with van der Waals surface area (Å²) in [6, 6.07) is 15.4. The molecule has 0 fully saturated rings. The number of hydrogen-bond donors (Lipinski definition) is 2. The van der Waals surface area contributed by atoms with Crippen molar-refractivity contribution in [1.82, 2.24) is 5.32 Å². The number of aryl methyl sites for hydroxylation is 1. The van der Waals surface area contributed by atoms with E-state index in [0.717, 1.165) is 50.9 Å². The van der Waals surface area contributed by atoms with Crippen molar-refractivity contribution >= 4 is 33.6 Å². The predicted molar refractivity (Wildman–Crippen MR) is 161 cm³/mol. The number of nitrogens with one attached hydrogen (secondary N) is 2. The van der Waals surface area contributed by atoms with Crippen LogP contribution in [0.4, 0.5) is 10.5 Å². The number of carbonyl (C=O) groups is 2. The third kappa shape index (κ3) is 6.67. The first-order valence-electron chi connectivity index (χ1n) is 13.4. The standard InChI is InChI=1S/C32H37BrN2O5/c1-19-25(23-14-15-24-22(17-23)13-10-16-39-24)26(29(30(36)38-6)40-32(3,4)5)20(2)28(27(19)33)35-31(37)34-18-21-11-8-7-9-12-21/h7-9,11-12,14-15,17,29H,10,13,16,18H2,1-6H3,(H2,34,35,37). The number of benzene rings is 3. The zero-order chi connectivity index (χ0) is 29.0. The van der Waals surface area contributed by atoms with Crippen molar-refractivity contribution < 1.29 is 23.8 Å². The van der Waals surface area contributed by atoms with Crippen LogP contribution in [0.5, 0.6) is 5.75 Å². The monoisotopic (exact) mass is 608 g/mol. The number of rotatable bonds is 7. The smallest absolute Gasteiger partial charge is 0.339 e. The molecule has 4 rings (SSSR count). The quantitative estimate of drug-likeness (QED) is 0.273. The van der Waals surface area contributed by atoms with Crippen LogP contribution >= 0.6 is 15.9 Å². The second-order valence-electron chi connectivity index (χ2n) is 10.9. The fourth-order valence-electron chi connectivity index (χ4n) is 4.97. The number of methoxy groups -OCH3 is 1. The molecule has 2 amide bonds. The van der Waals surface area contributed by atoms with Gasteiger partial charge < -0.3 is 24.8 Å². The van der Waals surface area contributed by atoms with E-state index >= 15 is 0 Å². The van der Waals surface area contributed by atoms with E-state index in [1.54, 1.807) is 0 Å². The van der Waals surface area contributed by atoms with Crippen LogP contribution < -0.4 is 15.4 Å². The number of hydrogen-bond acceptors (Lipinski definition) is 5. The molecule has 0 saturated carbocycles. The predicted octanol–water partition coefficient (Wildman–Crippen LogP) is 7.41. The van der Waals surface area contributed by atoms with Gasteiger partial charge in [-0.3, -0.25) is 0 Å². The van der Waals surface area contributed by atoms with Crippen molar-refractivity contribution in [3.05, 3.63) is 80.8 Å². The summed E-state index contributed by atoms with van der Waals surface area (Å²) in [5, 5.41) is 5.92. The normalized spacial score (nSPS) is 13.6. The van der Waals surface area contributed by atoms with Gasteiger partial charge in [-0.1, -0.05) is 36.4 Å². The molecule has 7 nitrogen and oxygen atoms in total. The fourth-order valence-corrected chi connectivity index (χ4v) is 5.57. The zero-order valence-electron chi connectivity index (χ0n) is 23.9. The third-order valence-corrected chi connectivity index (χ3v) is 7.84. The Morgan fingerprint density at radius 3 is 2.48 bits per heavy atom. The first-order valence-corrected chi connectivity index (χ1v) is 14.2. The molecule has 0 spiro atoms. The van der Waals surface area contributed by atoms with Gasteiger partial charge in [-0.15, -0.1) is 0 Å². The highest BCUT2D eigenvalue weighted by molar-refractivity contribution is 9.10. The number of esters is 1. The number of carbonyl (C=O) groups excluding carboxylic acids is 2. The molecule has 1 heterocycles. The van der Waals surface area contributed by atoms with Crippen LogP contribution in [-0.4, -0.2) is 31.3 Å². The highest BCUT2D eigenvalue weighted by atomic mass is 79.9. The maximum atomic E-state index is 13.3. The maximum Gasteiger partial charge on any atom is 0.339 e. The Morgan fingerprint density at radius 1 is 1.07 bits per heavy atom. The number of amides is 2. The summed E-state index contributed by atoms with van der Waals surface area (Å²) < 4.78 is 18.2. The first kappa shape index (κ1) is 29.6. The Hall–Kier alpha value is -3.36. The van der Waals surface area contributed by atoms with Crippen molar-refractivity contribution in [2.45, 2.75) is 65.7 Å². The highest BCUT2D eigenvalue weighted by Crippen LogP contribution is 2.46. The Bertz CT molecular complexity index is 1400. The van der Waals surface area contributed by atoms with Crippen LogP contribution in [0.2, 0.25) is 0 Å². The molecule has 40 heavy (non-hydrogen) atoms. The van der Waals surface area contributed by atoms with E-state index in [1.165, 1.54) is 7.11 Å². The van der Waals surface area contributed by atoms with Crippen molar-refractivity contribution in [1.29, 1.82) is 0 Å². The third-order valence-electron chi connectivity index (χ3n) is 6.85. The van der Waals surface area contributed by atoms with E-state index in [-0.39, 0.29) is 6.03 Å². The van der Waals surface area contributed by atoms with Crippen LogP contribution in [0.15, 0.2) is 53.0 Å². The minimum atomic E-state index is -1.02. The molecule has 0 aromatic heterocycles. The van der Waals surface area contributed by atoms with Gasteiger partial charge in [-0.05, 0) is 109 Å². The minimum absolute atomic E-state index is 0.358. The lowest BCUT2D eigenvalue weighted by atomic mass is 9.86. The molecule has 1 aliphatic rings. The molecular weight excluding hydrogens is 572 g/mol. The summed E-state index contributed by atoms with van der Waals surface area (Å²) in [7, 11) is 1.36. The summed E-state index contributed by atoms with van der Waals surface area (Å²) in [5.74, 6) is 0.371. The number of halogens is 1. The number of urea groups is 1. The van der Waals surface area contributed by atoms with Crippen molar-refractivity contribution in [2.75, 3.05) is 19.0 Å². The second kappa shape index (κ2) is 12.4. The van der Waals surface area contributed by atoms with Gasteiger partial charge >= 0.3 is 12.0 Å². The largest absolute Gasteiger partial charge is 0.493 e. The molecule has 212 valence electrons. The molecule has 0 radical (unpaired) electrons. The molecule has 3 aromatic rings. The Kier molecular flexibility index (Phi) is 9.21. The van der Waals surface area contributed by atoms with Crippen molar-refractivity contribution in [3.63, 3.8) is 0 Å². The number of anilines is 1. The molecule has 8 heteroatoms. The van der Waals surface area contributed by atoms with E-state index in [4.69, 9.17) is 14.2 Å². The lowest BCUT2D eigenvalue weighted by molar-refractivity contribution is -0.164. The van der Waals surface area contributed by atoms with Gasteiger partial charge in [0, 0.05) is 16.6 Å². The van der Waals surface area contributed by atoms with Gasteiger partial charge in [-0.2, -0.15) is 0 Å². The van der Waals surface area contributed by atoms with E-state index in [1.807, 2.05) is 77.1 Å². The summed E-state index contributed by atoms with van der Waals surface area (Å²) in [6.07, 6.45) is 0.842. The van der Waals surface area contributed by atoms with Gasteiger partial charge in [0.05, 0.1) is 25.0 Å². The Balaban J connectivity index is 1.84. The molecule has 0 aliphatic carbocycles. The molecule has 1 unspecified atom stereocenters. The zero-order valence-corrected chi connectivity index (χ0v) is 25.5. The van der Waals surface area contributed by atoms with Crippen LogP contribution in [0, 0.1) is 13.8 Å². The summed E-state index contributed by atoms with van der Waals surface area (Å²) >= 11 is 3.75. The molecule has 0 saturated heterocycles. The lowest BCUT2D eigenvalue weighted by Crippen LogP contribution is -2.31. The molecular formula is C32H37BrN2O5. The Morgan fingerprint density at radius 2 is 1.80 bits per heavy atom. The average molecular weight is 610 g/mol. The molecule has 1 atom stereocenters. The second-order valence-corrected chi connectivity index (χ2v) is 11.7. The topological polar surface area (TPSA) is 85.9 Å². The summed E-state index contributed by atoms with van der Waals surface area (Å²) in [4.78, 5) is 26.3. The molecule has 0 bridgehead atoms. The fraction of sp³-hybridized carbons (Fsp3) is 0.375. The maximum absolute atomic E-state index is 13.3. The van der Waals surface area contributed by atoms with Gasteiger partial charge in [0.15, 0.2) is 6.10 Å². The molecule has 1 aliphatic heterocycles. The van der Waals surface area contributed by atoms with Crippen LogP contribution in [0.1, 0.15) is 61.1 Å². The van der Waals surface area contributed by atoms with Gasteiger partial charge in [-0.25, -0.2) is 9.59 Å². The number of ether oxygens (including phenoxy) is 3. The van der Waals surface area contributed by atoms with Gasteiger partial charge in [0.25, 0.3) is 0 Å². The van der Waals surface area contributed by atoms with E-state index in [9.17, 15) is 9.59 Å². The molecule has 2 N–H and O–H groups in total. The molecule has 3 aromatic carbocycles. The van der Waals surface area contributed by atoms with Crippen LogP contribution in [0.25, 0.3) is 11.1 Å². The van der Waals surface area contributed by atoms with Gasteiger partial charge in [0.1, 0.15) is 5.75 Å². The number of fused-ring (bicyclic) bond motifs is 1. The SMILES string of the molecule is COC(=O)C(OC(C)(C)C)c1c(C)c(NC(=O)NCc2ccccc2)c(Br)c(C)c1-c1ccc2c(c1)CCCO2. The lowest BCUT2D eigenvalue weighted by Gasteiger charge is -2.31. The van der Waals surface area contributed by atoms with Crippen LogP contribution in [-0.2, 0) is 27.2 Å². The average Bonchev–Trinajstić information content (AvgIpc) is 2.94. The summed E-state index contributed by atoms with van der Waals surface area (Å²) in [5.41, 5.74) is 6.04. The van der Waals surface area contributed by atoms with E-state index in [0.29, 0.717) is 30.0 Å². The van der Waals surface area contributed by atoms with Gasteiger partial charge in [0.2, 0.25) is 0 Å². The van der Waals surface area contributed by atoms with Crippen molar-refractivity contribution in [2.24, 2.45) is 0 Å². The summed E-state index contributed by atoms with van der Waals surface area (Å²) in [6.45, 7) is 10.6. The van der Waals surface area contributed by atoms with Crippen LogP contribution in [0.3, 0.4) is 0 Å². The minimum Gasteiger partial charge on any atom is -0.493 e. The van der Waals surface area contributed by atoms with E-state index < -0.39 is 17.7 Å². The van der Waals surface area contributed by atoms with E-state index in [2.05, 4.69) is 32.6 Å². The van der Waals surface area contributed by atoms with Crippen molar-refractivity contribution in [3.8, 4) is 16.9 Å².